The van der Waals surface area contributed by atoms with E-state index in [4.69, 9.17) is 4.74 Å². The molecule has 0 saturated carbocycles. The fourth-order valence-electron chi connectivity index (χ4n) is 3.12. The van der Waals surface area contributed by atoms with Crippen LogP contribution >= 0.6 is 0 Å². The fourth-order valence-corrected chi connectivity index (χ4v) is 4.21. The lowest BCUT2D eigenvalue weighted by Crippen LogP contribution is -2.48. The second-order valence-electron chi connectivity index (χ2n) is 6.69. The van der Waals surface area contributed by atoms with E-state index in [0.29, 0.717) is 19.2 Å². The molecule has 2 aromatic carbocycles. The molecule has 1 saturated heterocycles. The van der Waals surface area contributed by atoms with Gasteiger partial charge in [-0.3, -0.25) is 9.52 Å². The molecule has 28 heavy (non-hydrogen) atoms. The molecule has 1 N–H and O–H groups in total. The van der Waals surface area contributed by atoms with Gasteiger partial charge < -0.3 is 9.64 Å². The number of morpholine rings is 1. The van der Waals surface area contributed by atoms with Crippen molar-refractivity contribution >= 4 is 21.6 Å². The monoisotopic (exact) mass is 410 g/mol. The van der Waals surface area contributed by atoms with Crippen LogP contribution in [0.2, 0.25) is 0 Å². The van der Waals surface area contributed by atoms with Crippen molar-refractivity contribution in [3.8, 4) is 0 Å². The number of nitrogens with one attached hydrogen (secondary N) is 1. The first kappa shape index (κ1) is 20.2. The van der Waals surface area contributed by atoms with Crippen LogP contribution in [0.15, 0.2) is 47.4 Å². The van der Waals surface area contributed by atoms with Gasteiger partial charge in [-0.05, 0) is 44.2 Å². The Kier molecular flexibility index (Phi) is 5.66. The summed E-state index contributed by atoms with van der Waals surface area (Å²) in [6, 6.07) is 8.43. The first-order valence-corrected chi connectivity index (χ1v) is 10.2. The van der Waals surface area contributed by atoms with E-state index in [-0.39, 0.29) is 29.4 Å². The van der Waals surface area contributed by atoms with Crippen molar-refractivity contribution in [2.24, 2.45) is 0 Å². The zero-order chi connectivity index (χ0) is 20.5. The third kappa shape index (κ3) is 4.31. The van der Waals surface area contributed by atoms with Crippen molar-refractivity contribution in [2.75, 3.05) is 17.8 Å². The minimum atomic E-state index is -4.21. The maximum Gasteiger partial charge on any atom is 0.262 e. The van der Waals surface area contributed by atoms with Gasteiger partial charge in [-0.2, -0.15) is 0 Å². The topological polar surface area (TPSA) is 75.7 Å². The van der Waals surface area contributed by atoms with Gasteiger partial charge >= 0.3 is 0 Å². The molecule has 0 aliphatic carbocycles. The van der Waals surface area contributed by atoms with Crippen LogP contribution in [0.5, 0.6) is 0 Å². The molecule has 1 heterocycles. The van der Waals surface area contributed by atoms with E-state index in [1.54, 1.807) is 17.0 Å². The lowest BCUT2D eigenvalue weighted by molar-refractivity contribution is -0.0585. The first-order chi connectivity index (χ1) is 13.2. The van der Waals surface area contributed by atoms with Crippen molar-refractivity contribution < 1.29 is 26.7 Å². The van der Waals surface area contributed by atoms with E-state index in [9.17, 15) is 22.0 Å². The molecule has 1 aliphatic rings. The Morgan fingerprint density at radius 1 is 1.07 bits per heavy atom. The second kappa shape index (κ2) is 7.84. The summed E-state index contributed by atoms with van der Waals surface area (Å²) in [7, 11) is -4.21. The summed E-state index contributed by atoms with van der Waals surface area (Å²) in [4.78, 5) is 14.1. The molecule has 2 atom stereocenters. The van der Waals surface area contributed by atoms with Crippen LogP contribution in [-0.4, -0.2) is 44.5 Å². The predicted octanol–water partition coefficient (Wildman–Crippen LogP) is 3.02. The number of ether oxygens (including phenoxy) is 1. The van der Waals surface area contributed by atoms with Crippen LogP contribution in [0.1, 0.15) is 24.2 Å². The summed E-state index contributed by atoms with van der Waals surface area (Å²) in [6.07, 6.45) is -0.280. The highest BCUT2D eigenvalue weighted by molar-refractivity contribution is 7.92. The molecule has 0 aromatic heterocycles. The highest BCUT2D eigenvalue weighted by atomic mass is 32.2. The third-order valence-electron chi connectivity index (χ3n) is 4.31. The van der Waals surface area contributed by atoms with E-state index >= 15 is 0 Å². The summed E-state index contributed by atoms with van der Waals surface area (Å²) in [5.41, 5.74) is 0.221. The molecular formula is C19H20F2N2O4S. The van der Waals surface area contributed by atoms with E-state index < -0.39 is 26.6 Å². The Hall–Kier alpha value is -2.52. The summed E-state index contributed by atoms with van der Waals surface area (Å²) in [5.74, 6) is -2.76. The zero-order valence-electron chi connectivity index (χ0n) is 15.4. The molecule has 1 fully saturated rings. The van der Waals surface area contributed by atoms with Crippen molar-refractivity contribution in [2.45, 2.75) is 31.0 Å². The Bertz CT molecular complexity index is 987. The molecule has 1 amide bonds. The van der Waals surface area contributed by atoms with Gasteiger partial charge in [-0.15, -0.1) is 0 Å². The van der Waals surface area contributed by atoms with Crippen molar-refractivity contribution in [3.63, 3.8) is 0 Å². The second-order valence-corrected chi connectivity index (χ2v) is 8.38. The van der Waals surface area contributed by atoms with Crippen LogP contribution in [0.4, 0.5) is 14.5 Å². The highest BCUT2D eigenvalue weighted by Crippen LogP contribution is 2.24. The van der Waals surface area contributed by atoms with Gasteiger partial charge in [-0.1, -0.05) is 12.1 Å². The number of rotatable bonds is 4. The summed E-state index contributed by atoms with van der Waals surface area (Å²) in [5, 5.41) is 0. The smallest absolute Gasteiger partial charge is 0.262 e. The molecule has 2 aromatic rings. The van der Waals surface area contributed by atoms with Gasteiger partial charge in [0.2, 0.25) is 0 Å². The molecule has 3 rings (SSSR count). The number of sulfonamides is 1. The van der Waals surface area contributed by atoms with Gasteiger partial charge in [0.25, 0.3) is 15.9 Å². The average Bonchev–Trinajstić information content (AvgIpc) is 2.62. The first-order valence-electron chi connectivity index (χ1n) is 8.69. The molecule has 9 heteroatoms. The van der Waals surface area contributed by atoms with E-state index in [0.717, 1.165) is 12.1 Å². The number of hydrogen-bond acceptors (Lipinski definition) is 4. The third-order valence-corrected chi connectivity index (χ3v) is 5.67. The van der Waals surface area contributed by atoms with Gasteiger partial charge in [0, 0.05) is 13.1 Å². The number of hydrogen-bond donors (Lipinski definition) is 1. The number of nitrogens with zero attached hydrogens (tertiary/aromatic N) is 1. The number of benzene rings is 2. The van der Waals surface area contributed by atoms with Crippen LogP contribution in [-0.2, 0) is 14.8 Å². The predicted molar refractivity (Wildman–Crippen MR) is 99.5 cm³/mol. The Labute approximate surface area is 162 Å². The van der Waals surface area contributed by atoms with Crippen LogP contribution < -0.4 is 4.72 Å². The van der Waals surface area contributed by atoms with Crippen LogP contribution in [0.3, 0.4) is 0 Å². The van der Waals surface area contributed by atoms with E-state index in [1.807, 2.05) is 13.8 Å². The molecule has 0 spiro atoms. The molecule has 0 bridgehead atoms. The summed E-state index contributed by atoms with van der Waals surface area (Å²) < 4.78 is 59.6. The number of anilines is 1. The van der Waals surface area contributed by atoms with Gasteiger partial charge in [0.15, 0.2) is 11.6 Å². The molecule has 150 valence electrons. The van der Waals surface area contributed by atoms with Crippen molar-refractivity contribution in [3.05, 3.63) is 59.7 Å². The SMILES string of the molecule is CC1CN(C(=O)c2ccccc2NS(=O)(=O)c2ccc(F)c(F)c2)CC(C)O1. The average molecular weight is 410 g/mol. The van der Waals surface area contributed by atoms with Gasteiger partial charge in [0.05, 0.1) is 28.4 Å². The van der Waals surface area contributed by atoms with Crippen LogP contribution in [0, 0.1) is 11.6 Å². The lowest BCUT2D eigenvalue weighted by atomic mass is 10.1. The van der Waals surface area contributed by atoms with E-state index in [2.05, 4.69) is 4.72 Å². The fraction of sp³-hybridized carbons (Fsp3) is 0.316. The minimum Gasteiger partial charge on any atom is -0.372 e. The standard InChI is InChI=1S/C19H20F2N2O4S/c1-12-10-23(11-13(2)27-12)19(24)15-5-3-4-6-18(15)22-28(25,26)14-7-8-16(20)17(21)9-14/h3-9,12-13,22H,10-11H2,1-2H3. The molecule has 2 unspecified atom stereocenters. The summed E-state index contributed by atoms with van der Waals surface area (Å²) in [6.45, 7) is 4.47. The number of halogens is 2. The number of amides is 1. The maximum atomic E-state index is 13.4. The Morgan fingerprint density at radius 2 is 1.71 bits per heavy atom. The van der Waals surface area contributed by atoms with Crippen LogP contribution in [0.25, 0.3) is 0 Å². The normalized spacial score (nSPS) is 20.1. The Balaban J connectivity index is 1.89. The van der Waals surface area contributed by atoms with E-state index in [1.165, 1.54) is 12.1 Å². The highest BCUT2D eigenvalue weighted by Gasteiger charge is 2.28. The lowest BCUT2D eigenvalue weighted by Gasteiger charge is -2.35. The molecular weight excluding hydrogens is 390 g/mol. The van der Waals surface area contributed by atoms with Crippen molar-refractivity contribution in [1.82, 2.24) is 4.90 Å². The maximum absolute atomic E-state index is 13.4. The molecule has 1 aliphatic heterocycles. The number of para-hydroxylation sites is 1. The molecule has 0 radical (unpaired) electrons. The summed E-state index contributed by atoms with van der Waals surface area (Å²) >= 11 is 0. The van der Waals surface area contributed by atoms with Gasteiger partial charge in [-0.25, -0.2) is 17.2 Å². The van der Waals surface area contributed by atoms with Crippen molar-refractivity contribution in [1.29, 1.82) is 0 Å². The Morgan fingerprint density at radius 3 is 2.36 bits per heavy atom. The zero-order valence-corrected chi connectivity index (χ0v) is 16.2. The molecule has 6 nitrogen and oxygen atoms in total. The van der Waals surface area contributed by atoms with Gasteiger partial charge in [0.1, 0.15) is 0 Å². The number of carbonyl (C=O) groups excluding carboxylic acids is 1. The largest absolute Gasteiger partial charge is 0.372 e. The quantitative estimate of drug-likeness (QED) is 0.841. The number of carbonyl (C=O) groups is 1. The minimum absolute atomic E-state index is 0.0593.